The van der Waals surface area contributed by atoms with Crippen molar-refractivity contribution in [2.24, 2.45) is 0 Å². The molecule has 1 unspecified atom stereocenters. The fourth-order valence-electron chi connectivity index (χ4n) is 5.43. The minimum absolute atomic E-state index is 0.125. The van der Waals surface area contributed by atoms with E-state index in [0.717, 1.165) is 12.8 Å². The first-order valence-electron chi connectivity index (χ1n) is 10.4. The lowest BCUT2D eigenvalue weighted by Gasteiger charge is -2.50. The Morgan fingerprint density at radius 3 is 1.63 bits per heavy atom. The summed E-state index contributed by atoms with van der Waals surface area (Å²) in [6.45, 7) is 23.5. The Morgan fingerprint density at radius 1 is 1.00 bits per heavy atom. The van der Waals surface area contributed by atoms with Gasteiger partial charge in [-0.2, -0.15) is 16.8 Å². The van der Waals surface area contributed by atoms with Gasteiger partial charge >= 0.3 is 0 Å². The zero-order chi connectivity index (χ0) is 24.5. The van der Waals surface area contributed by atoms with Crippen LogP contribution in [0, 0.1) is 0 Å². The van der Waals surface area contributed by atoms with Gasteiger partial charge in [0.1, 0.15) is 4.87 Å². The summed E-state index contributed by atoms with van der Waals surface area (Å²) in [5.41, 5.74) is 1.68. The van der Waals surface area contributed by atoms with Crippen LogP contribution in [0.1, 0.15) is 61.3 Å². The van der Waals surface area contributed by atoms with Crippen LogP contribution in [0.4, 0.5) is 0 Å². The molecule has 1 atom stereocenters. The Labute approximate surface area is 186 Å². The quantitative estimate of drug-likeness (QED) is 0.210. The standard InChI is InChI=1S/C20H42O6S2Si2/c1-12-13-20(7,8)30(15(2)3,16(4)5)14-18(27(21,22)23)17(6)19(28(24,25)26)29(9,10)11/h14-16,19H,6,12-13H2,1-5,7-11H3,(H,21,22,23)(H,24,25,26). The van der Waals surface area contributed by atoms with Crippen LogP contribution in [0.3, 0.4) is 0 Å². The van der Waals surface area contributed by atoms with Crippen LogP contribution in [-0.4, -0.2) is 47.0 Å². The van der Waals surface area contributed by atoms with Crippen LogP contribution in [0.15, 0.2) is 22.8 Å². The number of hydrogen-bond donors (Lipinski definition) is 2. The first-order valence-corrected chi connectivity index (χ1v) is 19.2. The number of allylic oxidation sites excluding steroid dienone is 1. The summed E-state index contributed by atoms with van der Waals surface area (Å²) in [6, 6.07) is 0. The molecule has 0 rings (SSSR count). The monoisotopic (exact) mass is 498 g/mol. The molecule has 0 heterocycles. The topological polar surface area (TPSA) is 109 Å². The van der Waals surface area contributed by atoms with Crippen LogP contribution < -0.4 is 0 Å². The van der Waals surface area contributed by atoms with Gasteiger partial charge in [0.05, 0.1) is 21.1 Å². The zero-order valence-electron chi connectivity index (χ0n) is 20.3. The molecule has 0 fully saturated rings. The predicted octanol–water partition coefficient (Wildman–Crippen LogP) is 5.84. The summed E-state index contributed by atoms with van der Waals surface area (Å²) in [4.78, 5) is -1.87. The Bertz CT molecular complexity index is 855. The molecule has 0 aliphatic carbocycles. The maximum Gasteiger partial charge on any atom is 0.294 e. The van der Waals surface area contributed by atoms with E-state index >= 15 is 0 Å². The Balaban J connectivity index is 7.37. The fourth-order valence-corrected chi connectivity index (χ4v) is 19.3. The van der Waals surface area contributed by atoms with Gasteiger partial charge in [-0.25, -0.2) is 0 Å². The van der Waals surface area contributed by atoms with E-state index in [4.69, 9.17) is 0 Å². The van der Waals surface area contributed by atoms with Crippen molar-refractivity contribution in [3.63, 3.8) is 0 Å². The predicted molar refractivity (Wildman–Crippen MR) is 132 cm³/mol. The first kappa shape index (κ1) is 29.7. The molecular weight excluding hydrogens is 457 g/mol. The first-order chi connectivity index (χ1) is 13.1. The molecule has 10 heteroatoms. The molecular formula is C20H42O6S2Si2. The van der Waals surface area contributed by atoms with E-state index in [1.54, 1.807) is 25.3 Å². The summed E-state index contributed by atoms with van der Waals surface area (Å²) in [6.07, 6.45) is 1.78. The van der Waals surface area contributed by atoms with Crippen LogP contribution >= 0.6 is 0 Å². The summed E-state index contributed by atoms with van der Waals surface area (Å²) in [5, 5.41) is -0.215. The maximum atomic E-state index is 12.5. The average Bonchev–Trinajstić information content (AvgIpc) is 2.41. The maximum absolute atomic E-state index is 12.5. The molecule has 0 spiro atoms. The largest absolute Gasteiger partial charge is 0.294 e. The lowest BCUT2D eigenvalue weighted by molar-refractivity contribution is 0.481. The van der Waals surface area contributed by atoms with Crippen molar-refractivity contribution in [1.29, 1.82) is 0 Å². The van der Waals surface area contributed by atoms with Crippen LogP contribution in [0.2, 0.25) is 35.8 Å². The zero-order valence-corrected chi connectivity index (χ0v) is 23.9. The second-order valence-corrected chi connectivity index (χ2v) is 25.1. The molecule has 0 aliphatic heterocycles. The molecule has 6 nitrogen and oxygen atoms in total. The van der Waals surface area contributed by atoms with Crippen LogP contribution in [0.25, 0.3) is 0 Å². The van der Waals surface area contributed by atoms with Gasteiger partial charge < -0.3 is 0 Å². The van der Waals surface area contributed by atoms with Gasteiger partial charge in [-0.05, 0) is 21.7 Å². The Hall–Kier alpha value is -0.266. The Morgan fingerprint density at radius 2 is 1.40 bits per heavy atom. The molecule has 0 saturated carbocycles. The molecule has 178 valence electrons. The minimum Gasteiger partial charge on any atom is -0.285 e. The third-order valence-electron chi connectivity index (χ3n) is 6.32. The SMILES string of the molecule is C=C(C(=C[Si](C(C)C)(C(C)C)C(C)(C)CCC)S(=O)(=O)O)C([Si](C)(C)C)S(=O)(=O)O. The highest BCUT2D eigenvalue weighted by molar-refractivity contribution is 7.91. The highest BCUT2D eigenvalue weighted by atomic mass is 32.2. The van der Waals surface area contributed by atoms with E-state index in [1.807, 2.05) is 0 Å². The highest BCUT2D eigenvalue weighted by Gasteiger charge is 2.51. The van der Waals surface area contributed by atoms with Crippen LogP contribution in [0.5, 0.6) is 0 Å². The average molecular weight is 499 g/mol. The van der Waals surface area contributed by atoms with Gasteiger partial charge in [0, 0.05) is 0 Å². The molecule has 0 bridgehead atoms. The van der Waals surface area contributed by atoms with Crippen molar-refractivity contribution < 1.29 is 25.9 Å². The molecule has 0 amide bonds. The molecule has 0 aromatic rings. The van der Waals surface area contributed by atoms with E-state index in [9.17, 15) is 25.9 Å². The minimum atomic E-state index is -4.76. The van der Waals surface area contributed by atoms with Gasteiger partial charge in [0.25, 0.3) is 20.2 Å². The van der Waals surface area contributed by atoms with Gasteiger partial charge in [-0.1, -0.05) is 93.2 Å². The van der Waals surface area contributed by atoms with Gasteiger partial charge in [0.15, 0.2) is 0 Å². The lowest BCUT2D eigenvalue weighted by Crippen LogP contribution is -2.51. The third kappa shape index (κ3) is 6.38. The van der Waals surface area contributed by atoms with Gasteiger partial charge in [-0.3, -0.25) is 9.11 Å². The van der Waals surface area contributed by atoms with Gasteiger partial charge in [-0.15, -0.1) is 0 Å². The van der Waals surface area contributed by atoms with Crippen LogP contribution in [-0.2, 0) is 20.2 Å². The summed E-state index contributed by atoms with van der Waals surface area (Å²) >= 11 is 0. The molecule has 0 aromatic carbocycles. The lowest BCUT2D eigenvalue weighted by atomic mass is 10.1. The van der Waals surface area contributed by atoms with Crippen molar-refractivity contribution in [2.45, 2.75) is 102 Å². The second-order valence-electron chi connectivity index (χ2n) is 10.6. The molecule has 0 radical (unpaired) electrons. The van der Waals surface area contributed by atoms with E-state index < -0.39 is 46.2 Å². The third-order valence-corrected chi connectivity index (χ3v) is 20.5. The second kappa shape index (κ2) is 9.70. The van der Waals surface area contributed by atoms with E-state index in [0.29, 0.717) is 0 Å². The summed E-state index contributed by atoms with van der Waals surface area (Å²) in [5.74, 6) is 0. The van der Waals surface area contributed by atoms with Crippen molar-refractivity contribution in [1.82, 2.24) is 0 Å². The van der Waals surface area contributed by atoms with Crippen molar-refractivity contribution in [2.75, 3.05) is 0 Å². The number of hydrogen-bond acceptors (Lipinski definition) is 4. The van der Waals surface area contributed by atoms with Crippen molar-refractivity contribution in [3.8, 4) is 0 Å². The number of rotatable bonds is 11. The molecule has 30 heavy (non-hydrogen) atoms. The summed E-state index contributed by atoms with van der Waals surface area (Å²) < 4.78 is 69.6. The Kier molecular flexibility index (Phi) is 9.61. The van der Waals surface area contributed by atoms with Gasteiger partial charge in [0.2, 0.25) is 0 Å². The molecule has 0 saturated heterocycles. The van der Waals surface area contributed by atoms with Crippen molar-refractivity contribution >= 4 is 36.4 Å². The van der Waals surface area contributed by atoms with E-state index in [-0.39, 0.29) is 21.7 Å². The normalized spacial score (nSPS) is 16.3. The molecule has 0 aliphatic rings. The van der Waals surface area contributed by atoms with E-state index in [2.05, 4.69) is 55.0 Å². The summed E-state index contributed by atoms with van der Waals surface area (Å²) in [7, 11) is -14.6. The van der Waals surface area contributed by atoms with E-state index in [1.165, 1.54) is 0 Å². The fraction of sp³-hybridized carbons (Fsp3) is 0.800. The molecule has 0 aromatic heterocycles. The molecule has 2 N–H and O–H groups in total. The smallest absolute Gasteiger partial charge is 0.285 e. The highest BCUT2D eigenvalue weighted by Crippen LogP contribution is 2.54. The van der Waals surface area contributed by atoms with Crippen molar-refractivity contribution in [3.05, 3.63) is 22.8 Å².